The van der Waals surface area contributed by atoms with Gasteiger partial charge in [-0.05, 0) is 75.6 Å². The van der Waals surface area contributed by atoms with Gasteiger partial charge in [0.2, 0.25) is 0 Å². The Morgan fingerprint density at radius 2 is 0.987 bits per heavy atom. The third-order valence-corrected chi connectivity index (χ3v) is 17.2. The van der Waals surface area contributed by atoms with E-state index in [0.29, 0.717) is 11.1 Å². The first-order valence-electron chi connectivity index (χ1n) is 26.0. The van der Waals surface area contributed by atoms with Crippen molar-refractivity contribution in [3.05, 3.63) is 240 Å². The predicted octanol–water partition coefficient (Wildman–Crippen LogP) is 13.5. The summed E-state index contributed by atoms with van der Waals surface area (Å²) in [7, 11) is 0. The molecule has 9 heteroatoms. The maximum Gasteiger partial charge on any atom is 0.339 e. The lowest BCUT2D eigenvalue weighted by atomic mass is 9.45. The van der Waals surface area contributed by atoms with E-state index in [1.807, 2.05) is 72.8 Å². The number of esters is 2. The zero-order valence-corrected chi connectivity index (χ0v) is 40.6. The average Bonchev–Trinajstić information content (AvgIpc) is 4.36. The first-order chi connectivity index (χ1) is 37.6. The molecular formula is C67H39BN4O4. The van der Waals surface area contributed by atoms with Crippen molar-refractivity contribution >= 4 is 106 Å². The monoisotopic (exact) mass is 974 g/mol. The van der Waals surface area contributed by atoms with E-state index in [-0.39, 0.29) is 38.0 Å². The van der Waals surface area contributed by atoms with Gasteiger partial charge in [0.15, 0.2) is 0 Å². The van der Waals surface area contributed by atoms with Crippen molar-refractivity contribution in [3.8, 4) is 33.6 Å². The van der Waals surface area contributed by atoms with Crippen molar-refractivity contribution in [3.63, 3.8) is 0 Å². The predicted molar refractivity (Wildman–Crippen MR) is 303 cm³/mol. The minimum Gasteiger partial charge on any atom is -0.457 e. The van der Waals surface area contributed by atoms with Gasteiger partial charge in [0.1, 0.15) is 13.2 Å². The Morgan fingerprint density at radius 1 is 0.421 bits per heavy atom. The number of fused-ring (bicyclic) bond motifs is 19. The molecule has 1 atom stereocenters. The highest BCUT2D eigenvalue weighted by atomic mass is 16.5. The third-order valence-electron chi connectivity index (χ3n) is 17.2. The van der Waals surface area contributed by atoms with Gasteiger partial charge in [-0.3, -0.25) is 0 Å². The van der Waals surface area contributed by atoms with Gasteiger partial charge in [-0.15, -0.1) is 0 Å². The Morgan fingerprint density at radius 3 is 1.72 bits per heavy atom. The van der Waals surface area contributed by atoms with E-state index in [2.05, 4.69) is 152 Å². The second kappa shape index (κ2) is 14.5. The normalized spacial score (nSPS) is 14.1. The molecule has 4 aromatic heterocycles. The summed E-state index contributed by atoms with van der Waals surface area (Å²) in [6.07, 6.45) is 0. The number of nitrogens with zero attached hydrogens (tertiary/aromatic N) is 4. The number of hydrogen-bond acceptors (Lipinski definition) is 4. The molecule has 0 N–H and O–H groups in total. The average molecular weight is 975 g/mol. The molecule has 10 aromatic carbocycles. The highest BCUT2D eigenvalue weighted by Gasteiger charge is 2.46. The number of carbonyl (C=O) groups excluding carboxylic acids is 2. The summed E-state index contributed by atoms with van der Waals surface area (Å²) in [5, 5.41) is 6.87. The molecule has 0 aliphatic carbocycles. The smallest absolute Gasteiger partial charge is 0.339 e. The molecule has 0 bridgehead atoms. The van der Waals surface area contributed by atoms with Crippen LogP contribution in [-0.2, 0) is 22.7 Å². The standard InChI is InChI=1S/C67H39BN4O4/c73-66(75-35-37-15-3-1-4-16-37)45-33-34-54-58-55(45)44-24-12-26-48-60(44)72(68(58)50-27-13-22-42-40-20-8-10-29-52(40)70(54)61(42)50)65-49-32-31-46(67(74)76-36-38-17-5-2-6-18-38)56-43-23-14-30-53-57(43)63(71(62(49)56)64(48)65)47-25-11-21-41-39-19-7-9-28-51(39)69(53)59(41)47/h1-34,63H,35-36H2. The summed E-state index contributed by atoms with van der Waals surface area (Å²) in [5.41, 5.74) is 22.2. The fourth-order valence-corrected chi connectivity index (χ4v) is 14.4. The number of rotatable bonds is 6. The summed E-state index contributed by atoms with van der Waals surface area (Å²) >= 11 is 0. The summed E-state index contributed by atoms with van der Waals surface area (Å²) < 4.78 is 22.6. The molecule has 0 fully saturated rings. The number of carbonyl (C=O) groups is 2. The van der Waals surface area contributed by atoms with Crippen molar-refractivity contribution in [2.45, 2.75) is 19.3 Å². The minimum atomic E-state index is -0.368. The van der Waals surface area contributed by atoms with Crippen LogP contribution in [0.2, 0.25) is 0 Å². The summed E-state index contributed by atoms with van der Waals surface area (Å²) in [4.78, 5) is 29.9. The number of para-hydroxylation sites is 5. The fourth-order valence-electron chi connectivity index (χ4n) is 14.4. The molecule has 0 saturated heterocycles. The van der Waals surface area contributed by atoms with Crippen molar-refractivity contribution in [2.24, 2.45) is 0 Å². The van der Waals surface area contributed by atoms with Gasteiger partial charge in [-0.2, -0.15) is 0 Å². The van der Waals surface area contributed by atoms with Crippen LogP contribution in [0.5, 0.6) is 0 Å². The molecule has 0 spiro atoms. The van der Waals surface area contributed by atoms with E-state index in [9.17, 15) is 9.59 Å². The largest absolute Gasteiger partial charge is 0.457 e. The molecular weight excluding hydrogens is 936 g/mol. The molecule has 8 heterocycles. The fraction of sp³-hybridized carbons (Fsp3) is 0.0448. The third kappa shape index (κ3) is 4.91. The van der Waals surface area contributed by atoms with Crippen molar-refractivity contribution in [1.29, 1.82) is 0 Å². The minimum absolute atomic E-state index is 0.155. The molecule has 0 radical (unpaired) electrons. The van der Waals surface area contributed by atoms with Gasteiger partial charge in [0.25, 0.3) is 0 Å². The van der Waals surface area contributed by atoms with E-state index in [4.69, 9.17) is 9.47 Å². The second-order valence-corrected chi connectivity index (χ2v) is 20.8. The molecule has 4 aliphatic heterocycles. The van der Waals surface area contributed by atoms with E-state index < -0.39 is 0 Å². The zero-order chi connectivity index (χ0) is 49.7. The van der Waals surface area contributed by atoms with Gasteiger partial charge in [0.05, 0.1) is 61.5 Å². The van der Waals surface area contributed by atoms with E-state index >= 15 is 0 Å². The zero-order valence-electron chi connectivity index (χ0n) is 40.6. The Kier molecular flexibility index (Phi) is 7.73. The molecule has 4 aliphatic rings. The summed E-state index contributed by atoms with van der Waals surface area (Å²) in [5.74, 6) is -0.730. The van der Waals surface area contributed by atoms with Gasteiger partial charge >= 0.3 is 18.8 Å². The van der Waals surface area contributed by atoms with E-state index in [1.165, 1.54) is 32.6 Å². The van der Waals surface area contributed by atoms with Crippen LogP contribution in [-0.4, -0.2) is 37.0 Å². The molecule has 76 heavy (non-hydrogen) atoms. The molecule has 1 unspecified atom stereocenters. The van der Waals surface area contributed by atoms with Crippen LogP contribution in [0.15, 0.2) is 206 Å². The van der Waals surface area contributed by atoms with Crippen LogP contribution in [0.25, 0.3) is 110 Å². The maximum absolute atomic E-state index is 15.0. The van der Waals surface area contributed by atoms with Gasteiger partial charge < -0.3 is 27.7 Å². The molecule has 14 aromatic rings. The lowest BCUT2D eigenvalue weighted by molar-refractivity contribution is 0.0465. The number of hydrogen-bond donors (Lipinski definition) is 0. The summed E-state index contributed by atoms with van der Waals surface area (Å²) in [6, 6.07) is 71.9. The highest BCUT2D eigenvalue weighted by Crippen LogP contribution is 2.57. The van der Waals surface area contributed by atoms with E-state index in [1.54, 1.807) is 0 Å². The summed E-state index contributed by atoms with van der Waals surface area (Å²) in [6.45, 7) is -0.0362. The molecule has 0 saturated carbocycles. The number of aromatic nitrogens is 4. The van der Waals surface area contributed by atoms with Gasteiger partial charge in [-0.1, -0.05) is 164 Å². The maximum atomic E-state index is 15.0. The SMILES string of the molecule is O=C(OCc1ccccc1)c1ccc2c3c1-c1cccc4c1n(c1c5ccc(C(=O)OCc6ccccc6)c6c5n(c41)C1c4c-6cccc4-n4c5ccccc5c5cccc1c54)B3c1cccc3c4ccccc4n-2c13. The highest BCUT2D eigenvalue weighted by molar-refractivity contribution is 6.90. The lowest BCUT2D eigenvalue weighted by Gasteiger charge is -2.36. The molecule has 18 rings (SSSR count). The van der Waals surface area contributed by atoms with Crippen LogP contribution < -0.4 is 10.9 Å². The number of ether oxygens (including phenoxy) is 2. The topological polar surface area (TPSA) is 72.3 Å². The lowest BCUT2D eigenvalue weighted by Crippen LogP contribution is -2.55. The van der Waals surface area contributed by atoms with Gasteiger partial charge in [0, 0.05) is 65.8 Å². The number of benzene rings is 10. The van der Waals surface area contributed by atoms with Crippen LogP contribution in [0, 0.1) is 0 Å². The first kappa shape index (κ1) is 40.6. The van der Waals surface area contributed by atoms with Crippen LogP contribution >= 0.6 is 0 Å². The van der Waals surface area contributed by atoms with Crippen molar-refractivity contribution in [1.82, 2.24) is 18.2 Å². The molecule has 8 nitrogen and oxygen atoms in total. The molecule has 0 amide bonds. The van der Waals surface area contributed by atoms with Crippen LogP contribution in [0.3, 0.4) is 0 Å². The Hall–Kier alpha value is -9.86. The Balaban J connectivity index is 0.987. The van der Waals surface area contributed by atoms with E-state index in [0.717, 1.165) is 111 Å². The van der Waals surface area contributed by atoms with Gasteiger partial charge in [-0.25, -0.2) is 9.59 Å². The van der Waals surface area contributed by atoms with Crippen LogP contribution in [0.4, 0.5) is 0 Å². The Labute approximate surface area is 433 Å². The van der Waals surface area contributed by atoms with Crippen LogP contribution in [0.1, 0.15) is 49.0 Å². The van der Waals surface area contributed by atoms with Crippen molar-refractivity contribution < 1.29 is 19.1 Å². The quantitative estimate of drug-likeness (QED) is 0.123. The first-order valence-corrected chi connectivity index (χ1v) is 26.0. The molecule has 354 valence electrons. The second-order valence-electron chi connectivity index (χ2n) is 20.8. The van der Waals surface area contributed by atoms with Crippen molar-refractivity contribution in [2.75, 3.05) is 0 Å². The Bertz CT molecular complexity index is 5000.